The van der Waals surface area contributed by atoms with Crippen molar-refractivity contribution in [3.8, 4) is 0 Å². The highest BCUT2D eigenvalue weighted by Gasteiger charge is 2.08. The molecule has 0 atom stereocenters. The second kappa shape index (κ2) is 13.4. The van der Waals surface area contributed by atoms with Crippen LogP contribution in [-0.2, 0) is 9.53 Å². The Kier molecular flexibility index (Phi) is 10.7. The van der Waals surface area contributed by atoms with Crippen molar-refractivity contribution in [2.75, 3.05) is 55.9 Å². The standard InChI is InChI=1S/C19H29N5O2S2/c1-3-26-14-8-12-21-18-22-23-19(28-18)27-15-17(25)20-11-7-13-24(2)16-9-5-4-6-10-16/h4-6,9-10H,3,7-8,11-15H2,1-2H3,(H,20,25)(H,21,22). The molecule has 1 heterocycles. The molecule has 28 heavy (non-hydrogen) atoms. The van der Waals surface area contributed by atoms with Gasteiger partial charge in [0.15, 0.2) is 4.34 Å². The Labute approximate surface area is 175 Å². The molecule has 1 amide bonds. The van der Waals surface area contributed by atoms with Crippen molar-refractivity contribution in [3.05, 3.63) is 30.3 Å². The number of hydrogen-bond acceptors (Lipinski definition) is 8. The van der Waals surface area contributed by atoms with Crippen LogP contribution in [0.1, 0.15) is 19.8 Å². The number of carbonyl (C=O) groups is 1. The zero-order chi connectivity index (χ0) is 20.0. The summed E-state index contributed by atoms with van der Waals surface area (Å²) in [6, 6.07) is 10.2. The third kappa shape index (κ3) is 8.90. The Hall–Kier alpha value is -1.84. The Morgan fingerprint density at radius 2 is 2.04 bits per heavy atom. The molecule has 0 unspecified atom stereocenters. The Morgan fingerprint density at radius 1 is 1.21 bits per heavy atom. The maximum atomic E-state index is 12.0. The number of carbonyl (C=O) groups excluding carboxylic acids is 1. The highest BCUT2D eigenvalue weighted by Crippen LogP contribution is 2.25. The summed E-state index contributed by atoms with van der Waals surface area (Å²) in [6.07, 6.45) is 1.83. The molecule has 0 aliphatic heterocycles. The van der Waals surface area contributed by atoms with Crippen LogP contribution in [0.25, 0.3) is 0 Å². The van der Waals surface area contributed by atoms with E-state index in [2.05, 4.69) is 44.9 Å². The van der Waals surface area contributed by atoms with Gasteiger partial charge in [0.1, 0.15) is 0 Å². The molecule has 1 aromatic carbocycles. The predicted octanol–water partition coefficient (Wildman–Crippen LogP) is 3.11. The van der Waals surface area contributed by atoms with Crippen LogP contribution in [0, 0.1) is 0 Å². The van der Waals surface area contributed by atoms with Gasteiger partial charge in [0.05, 0.1) is 5.75 Å². The van der Waals surface area contributed by atoms with Gasteiger partial charge in [-0.3, -0.25) is 4.79 Å². The van der Waals surface area contributed by atoms with E-state index in [0.717, 1.165) is 48.6 Å². The number of nitrogens with one attached hydrogen (secondary N) is 2. The van der Waals surface area contributed by atoms with Crippen LogP contribution < -0.4 is 15.5 Å². The molecule has 0 saturated heterocycles. The summed E-state index contributed by atoms with van der Waals surface area (Å²) < 4.78 is 6.09. The number of nitrogens with zero attached hydrogens (tertiary/aromatic N) is 3. The lowest BCUT2D eigenvalue weighted by molar-refractivity contribution is -0.118. The van der Waals surface area contributed by atoms with Gasteiger partial charge in [-0.05, 0) is 31.9 Å². The summed E-state index contributed by atoms with van der Waals surface area (Å²) >= 11 is 2.89. The van der Waals surface area contributed by atoms with E-state index in [-0.39, 0.29) is 5.91 Å². The highest BCUT2D eigenvalue weighted by molar-refractivity contribution is 8.01. The Balaban J connectivity index is 1.55. The fourth-order valence-electron chi connectivity index (χ4n) is 2.39. The summed E-state index contributed by atoms with van der Waals surface area (Å²) in [4.78, 5) is 14.2. The topological polar surface area (TPSA) is 79.4 Å². The third-order valence-electron chi connectivity index (χ3n) is 3.87. The van der Waals surface area contributed by atoms with Crippen LogP contribution in [0.4, 0.5) is 10.8 Å². The van der Waals surface area contributed by atoms with Gasteiger partial charge < -0.3 is 20.3 Å². The summed E-state index contributed by atoms with van der Waals surface area (Å²) in [7, 11) is 2.06. The van der Waals surface area contributed by atoms with Gasteiger partial charge in [0.2, 0.25) is 11.0 Å². The van der Waals surface area contributed by atoms with Crippen LogP contribution >= 0.6 is 23.1 Å². The minimum absolute atomic E-state index is 0.0220. The molecule has 9 heteroatoms. The summed E-state index contributed by atoms with van der Waals surface area (Å²) in [5.74, 6) is 0.377. The van der Waals surface area contributed by atoms with Gasteiger partial charge in [0, 0.05) is 45.6 Å². The van der Waals surface area contributed by atoms with E-state index in [1.54, 1.807) is 0 Å². The Bertz CT molecular complexity index is 684. The number of ether oxygens (including phenoxy) is 1. The van der Waals surface area contributed by atoms with Gasteiger partial charge in [-0.25, -0.2) is 0 Å². The average molecular weight is 424 g/mol. The van der Waals surface area contributed by atoms with Crippen molar-refractivity contribution < 1.29 is 9.53 Å². The van der Waals surface area contributed by atoms with E-state index in [0.29, 0.717) is 12.3 Å². The summed E-state index contributed by atoms with van der Waals surface area (Å²) in [6.45, 7) is 5.83. The van der Waals surface area contributed by atoms with Crippen molar-refractivity contribution in [3.63, 3.8) is 0 Å². The first kappa shape index (κ1) is 22.4. The van der Waals surface area contributed by atoms with Gasteiger partial charge in [-0.1, -0.05) is 41.3 Å². The minimum Gasteiger partial charge on any atom is -0.382 e. The molecule has 0 fully saturated rings. The third-order valence-corrected chi connectivity index (χ3v) is 5.88. The van der Waals surface area contributed by atoms with Crippen LogP contribution in [0.2, 0.25) is 0 Å². The van der Waals surface area contributed by atoms with Gasteiger partial charge in [0.25, 0.3) is 0 Å². The number of rotatable bonds is 14. The molecule has 7 nitrogen and oxygen atoms in total. The molecule has 154 valence electrons. The molecular formula is C19H29N5O2S2. The number of benzene rings is 1. The zero-order valence-electron chi connectivity index (χ0n) is 16.5. The second-order valence-corrected chi connectivity index (χ2v) is 8.30. The molecule has 0 saturated carbocycles. The van der Waals surface area contributed by atoms with Crippen molar-refractivity contribution in [2.45, 2.75) is 24.1 Å². The number of anilines is 2. The lowest BCUT2D eigenvalue weighted by atomic mass is 10.3. The van der Waals surface area contributed by atoms with Crippen molar-refractivity contribution in [1.82, 2.24) is 15.5 Å². The molecule has 0 bridgehead atoms. The maximum Gasteiger partial charge on any atom is 0.230 e. The van der Waals surface area contributed by atoms with E-state index < -0.39 is 0 Å². The van der Waals surface area contributed by atoms with Crippen LogP contribution in [-0.4, -0.2) is 61.8 Å². The summed E-state index contributed by atoms with van der Waals surface area (Å²) in [5.41, 5.74) is 1.18. The van der Waals surface area contributed by atoms with Gasteiger partial charge in [-0.2, -0.15) is 0 Å². The zero-order valence-corrected chi connectivity index (χ0v) is 18.2. The van der Waals surface area contributed by atoms with E-state index in [1.807, 2.05) is 25.1 Å². The van der Waals surface area contributed by atoms with Crippen LogP contribution in [0.15, 0.2) is 34.7 Å². The van der Waals surface area contributed by atoms with E-state index in [4.69, 9.17) is 4.74 Å². The summed E-state index contributed by atoms with van der Waals surface area (Å²) in [5, 5.41) is 15.2. The first-order chi connectivity index (χ1) is 13.7. The van der Waals surface area contributed by atoms with Crippen molar-refractivity contribution in [1.29, 1.82) is 0 Å². The molecule has 1 aromatic heterocycles. The average Bonchev–Trinajstić information content (AvgIpc) is 3.18. The van der Waals surface area contributed by atoms with Crippen LogP contribution in [0.5, 0.6) is 0 Å². The molecule has 0 spiro atoms. The fourth-order valence-corrected chi connectivity index (χ4v) is 3.99. The van der Waals surface area contributed by atoms with Gasteiger partial charge in [-0.15, -0.1) is 10.2 Å². The van der Waals surface area contributed by atoms with Crippen molar-refractivity contribution >= 4 is 39.8 Å². The number of amides is 1. The van der Waals surface area contributed by atoms with E-state index >= 15 is 0 Å². The van der Waals surface area contributed by atoms with Gasteiger partial charge >= 0.3 is 0 Å². The number of aromatic nitrogens is 2. The minimum atomic E-state index is 0.0220. The monoisotopic (exact) mass is 423 g/mol. The lowest BCUT2D eigenvalue weighted by Crippen LogP contribution is -2.29. The number of para-hydroxylation sites is 1. The van der Waals surface area contributed by atoms with E-state index in [9.17, 15) is 4.79 Å². The molecule has 0 radical (unpaired) electrons. The molecule has 0 aliphatic rings. The first-order valence-corrected chi connectivity index (χ1v) is 11.3. The predicted molar refractivity (Wildman–Crippen MR) is 118 cm³/mol. The molecular weight excluding hydrogens is 394 g/mol. The molecule has 0 aliphatic carbocycles. The number of thioether (sulfide) groups is 1. The molecule has 2 N–H and O–H groups in total. The normalized spacial score (nSPS) is 10.6. The molecule has 2 aromatic rings. The lowest BCUT2D eigenvalue weighted by Gasteiger charge is -2.19. The fraction of sp³-hybridized carbons (Fsp3) is 0.526. The quantitative estimate of drug-likeness (QED) is 0.357. The molecule has 2 rings (SSSR count). The number of hydrogen-bond donors (Lipinski definition) is 2. The Morgan fingerprint density at radius 3 is 2.82 bits per heavy atom. The smallest absolute Gasteiger partial charge is 0.230 e. The first-order valence-electron chi connectivity index (χ1n) is 9.50. The van der Waals surface area contributed by atoms with E-state index in [1.165, 1.54) is 28.8 Å². The highest BCUT2D eigenvalue weighted by atomic mass is 32.2. The van der Waals surface area contributed by atoms with Crippen LogP contribution in [0.3, 0.4) is 0 Å². The SMILES string of the molecule is CCOCCCNc1nnc(SCC(=O)NCCCN(C)c2ccccc2)s1. The maximum absolute atomic E-state index is 12.0. The largest absolute Gasteiger partial charge is 0.382 e. The van der Waals surface area contributed by atoms with Crippen molar-refractivity contribution in [2.24, 2.45) is 0 Å². The second-order valence-electron chi connectivity index (χ2n) is 6.10.